The first-order valence-corrected chi connectivity index (χ1v) is 9.13. The Bertz CT molecular complexity index is 641. The van der Waals surface area contributed by atoms with Crippen molar-refractivity contribution in [3.63, 3.8) is 0 Å². The molecule has 142 valence electrons. The van der Waals surface area contributed by atoms with Crippen LogP contribution in [-0.4, -0.2) is 29.1 Å². The van der Waals surface area contributed by atoms with Gasteiger partial charge in [0.2, 0.25) is 0 Å². The number of benzene rings is 1. The second kappa shape index (κ2) is 9.79. The number of urea groups is 1. The molecule has 7 heteroatoms. The fraction of sp³-hybridized carbons (Fsp3) is 0.526. The third-order valence-corrected chi connectivity index (χ3v) is 4.78. The molecule has 0 radical (unpaired) electrons. The van der Waals surface area contributed by atoms with Gasteiger partial charge in [-0.05, 0) is 37.0 Å². The zero-order chi connectivity index (χ0) is 18.9. The largest absolute Gasteiger partial charge is 0.481 e. The lowest BCUT2D eigenvalue weighted by atomic mass is 9.84. The Labute approximate surface area is 153 Å². The van der Waals surface area contributed by atoms with Crippen molar-refractivity contribution < 1.29 is 19.5 Å². The van der Waals surface area contributed by atoms with E-state index in [1.54, 1.807) is 24.3 Å². The number of carboxylic acids is 1. The molecule has 1 aromatic carbocycles. The highest BCUT2D eigenvalue weighted by atomic mass is 16.4. The van der Waals surface area contributed by atoms with Crippen molar-refractivity contribution in [2.24, 2.45) is 11.7 Å². The summed E-state index contributed by atoms with van der Waals surface area (Å²) in [7, 11) is 0. The predicted molar refractivity (Wildman–Crippen MR) is 99.0 cm³/mol. The van der Waals surface area contributed by atoms with E-state index in [0.29, 0.717) is 23.6 Å². The summed E-state index contributed by atoms with van der Waals surface area (Å²) >= 11 is 0. The summed E-state index contributed by atoms with van der Waals surface area (Å²) in [6.45, 7) is 0. The summed E-state index contributed by atoms with van der Waals surface area (Å²) in [5, 5.41) is 14.4. The Kier molecular flexibility index (Phi) is 7.44. The molecular weight excluding hydrogens is 334 g/mol. The lowest BCUT2D eigenvalue weighted by molar-refractivity contribution is -0.137. The molecule has 1 fully saturated rings. The molecule has 5 N–H and O–H groups in total. The van der Waals surface area contributed by atoms with Crippen LogP contribution in [0.25, 0.3) is 0 Å². The minimum Gasteiger partial charge on any atom is -0.481 e. The SMILES string of the molecule is NC(=O)Nc1cccc(C(=O)NC(CCC(=O)O)CC2CCCCC2)c1. The van der Waals surface area contributed by atoms with Crippen LogP contribution >= 0.6 is 0 Å². The first kappa shape index (κ1) is 19.8. The van der Waals surface area contributed by atoms with Crippen LogP contribution in [0.1, 0.15) is 61.7 Å². The Hall–Kier alpha value is -2.57. The minimum atomic E-state index is -0.861. The number of carbonyl (C=O) groups excluding carboxylic acids is 2. The van der Waals surface area contributed by atoms with Crippen molar-refractivity contribution in [3.8, 4) is 0 Å². The van der Waals surface area contributed by atoms with Gasteiger partial charge in [0.1, 0.15) is 0 Å². The zero-order valence-corrected chi connectivity index (χ0v) is 14.9. The Morgan fingerprint density at radius 2 is 1.92 bits per heavy atom. The molecule has 3 amide bonds. The van der Waals surface area contributed by atoms with Gasteiger partial charge in [0.25, 0.3) is 5.91 Å². The van der Waals surface area contributed by atoms with Crippen LogP contribution in [-0.2, 0) is 4.79 Å². The predicted octanol–water partition coefficient (Wildman–Crippen LogP) is 3.11. The van der Waals surface area contributed by atoms with E-state index < -0.39 is 12.0 Å². The van der Waals surface area contributed by atoms with Crippen LogP contribution in [0.4, 0.5) is 10.5 Å². The molecule has 0 bridgehead atoms. The second-order valence-electron chi connectivity index (χ2n) is 6.91. The van der Waals surface area contributed by atoms with E-state index in [1.165, 1.54) is 19.3 Å². The van der Waals surface area contributed by atoms with Crippen molar-refractivity contribution in [2.75, 3.05) is 5.32 Å². The molecule has 7 nitrogen and oxygen atoms in total. The van der Waals surface area contributed by atoms with Gasteiger partial charge >= 0.3 is 12.0 Å². The van der Waals surface area contributed by atoms with E-state index in [1.807, 2.05) is 0 Å². The number of hydrogen-bond acceptors (Lipinski definition) is 3. The molecule has 1 saturated carbocycles. The second-order valence-corrected chi connectivity index (χ2v) is 6.91. The van der Waals surface area contributed by atoms with Gasteiger partial charge in [-0.15, -0.1) is 0 Å². The van der Waals surface area contributed by atoms with Crippen molar-refractivity contribution in [3.05, 3.63) is 29.8 Å². The van der Waals surface area contributed by atoms with Crippen LogP contribution in [0.3, 0.4) is 0 Å². The van der Waals surface area contributed by atoms with Gasteiger partial charge in [0.05, 0.1) is 0 Å². The number of anilines is 1. The summed E-state index contributed by atoms with van der Waals surface area (Å²) in [5.74, 6) is -0.601. The Morgan fingerprint density at radius 3 is 2.58 bits per heavy atom. The average molecular weight is 361 g/mol. The maximum Gasteiger partial charge on any atom is 0.316 e. The van der Waals surface area contributed by atoms with Crippen LogP contribution in [0, 0.1) is 5.92 Å². The first-order chi connectivity index (χ1) is 12.4. The first-order valence-electron chi connectivity index (χ1n) is 9.13. The zero-order valence-electron chi connectivity index (χ0n) is 14.9. The highest BCUT2D eigenvalue weighted by molar-refractivity contribution is 5.96. The lowest BCUT2D eigenvalue weighted by Gasteiger charge is -2.27. The normalized spacial score (nSPS) is 15.8. The van der Waals surface area contributed by atoms with Crippen molar-refractivity contribution >= 4 is 23.6 Å². The van der Waals surface area contributed by atoms with Gasteiger partial charge in [-0.25, -0.2) is 4.79 Å². The van der Waals surface area contributed by atoms with E-state index in [2.05, 4.69) is 10.6 Å². The average Bonchev–Trinajstić information content (AvgIpc) is 2.60. The summed E-state index contributed by atoms with van der Waals surface area (Å²) in [6, 6.07) is 5.64. The summed E-state index contributed by atoms with van der Waals surface area (Å²) in [5.41, 5.74) is 5.94. The summed E-state index contributed by atoms with van der Waals surface area (Å²) in [6.07, 6.45) is 7.17. The molecule has 1 aromatic rings. The molecule has 1 aliphatic rings. The number of primary amides is 1. The smallest absolute Gasteiger partial charge is 0.316 e. The van der Waals surface area contributed by atoms with Crippen LogP contribution < -0.4 is 16.4 Å². The number of nitrogens with two attached hydrogens (primary N) is 1. The Balaban J connectivity index is 2.01. The van der Waals surface area contributed by atoms with Crippen molar-refractivity contribution in [1.82, 2.24) is 5.32 Å². The molecule has 0 heterocycles. The van der Waals surface area contributed by atoms with Gasteiger partial charge in [-0.1, -0.05) is 38.2 Å². The van der Waals surface area contributed by atoms with E-state index in [0.717, 1.165) is 19.3 Å². The highest BCUT2D eigenvalue weighted by Crippen LogP contribution is 2.28. The van der Waals surface area contributed by atoms with Gasteiger partial charge in [-0.3, -0.25) is 9.59 Å². The van der Waals surface area contributed by atoms with E-state index >= 15 is 0 Å². The molecule has 1 unspecified atom stereocenters. The fourth-order valence-electron chi connectivity index (χ4n) is 3.52. The summed E-state index contributed by atoms with van der Waals surface area (Å²) < 4.78 is 0. The number of carboxylic acid groups (broad SMARTS) is 1. The number of carbonyl (C=O) groups is 3. The molecule has 0 saturated heterocycles. The molecule has 1 atom stereocenters. The number of nitrogens with one attached hydrogen (secondary N) is 2. The van der Waals surface area contributed by atoms with Crippen molar-refractivity contribution in [1.29, 1.82) is 0 Å². The number of amides is 3. The van der Waals surface area contributed by atoms with Gasteiger partial charge < -0.3 is 21.5 Å². The molecule has 26 heavy (non-hydrogen) atoms. The molecule has 2 rings (SSSR count). The molecule has 0 aliphatic heterocycles. The monoisotopic (exact) mass is 361 g/mol. The van der Waals surface area contributed by atoms with Crippen LogP contribution in [0.2, 0.25) is 0 Å². The highest BCUT2D eigenvalue weighted by Gasteiger charge is 2.21. The quantitative estimate of drug-likeness (QED) is 0.568. The van der Waals surface area contributed by atoms with Gasteiger partial charge in [-0.2, -0.15) is 0 Å². The fourth-order valence-corrected chi connectivity index (χ4v) is 3.52. The number of hydrogen-bond donors (Lipinski definition) is 4. The maximum atomic E-state index is 12.6. The topological polar surface area (TPSA) is 122 Å². The number of aliphatic carboxylic acids is 1. The molecule has 0 aromatic heterocycles. The summed E-state index contributed by atoms with van der Waals surface area (Å²) in [4.78, 5) is 34.5. The van der Waals surface area contributed by atoms with E-state index in [9.17, 15) is 14.4 Å². The Morgan fingerprint density at radius 1 is 1.19 bits per heavy atom. The molecule has 0 spiro atoms. The lowest BCUT2D eigenvalue weighted by Crippen LogP contribution is -2.37. The van der Waals surface area contributed by atoms with E-state index in [4.69, 9.17) is 10.8 Å². The van der Waals surface area contributed by atoms with Crippen molar-refractivity contribution in [2.45, 2.75) is 57.4 Å². The third-order valence-electron chi connectivity index (χ3n) is 4.78. The number of rotatable bonds is 8. The maximum absolute atomic E-state index is 12.6. The van der Waals surface area contributed by atoms with E-state index in [-0.39, 0.29) is 18.4 Å². The standard InChI is InChI=1S/C19H27N3O4/c20-19(26)22-15-8-4-7-14(12-15)18(25)21-16(9-10-17(23)24)11-13-5-2-1-3-6-13/h4,7-8,12-13,16H,1-3,5-6,9-11H2,(H,21,25)(H,23,24)(H3,20,22,26). The van der Waals surface area contributed by atoms with Gasteiger partial charge in [0.15, 0.2) is 0 Å². The minimum absolute atomic E-state index is 0.0287. The van der Waals surface area contributed by atoms with Gasteiger partial charge in [0, 0.05) is 23.7 Å². The third kappa shape index (κ3) is 6.74. The van der Waals surface area contributed by atoms with Crippen LogP contribution in [0.5, 0.6) is 0 Å². The molecular formula is C19H27N3O4. The van der Waals surface area contributed by atoms with Crippen LogP contribution in [0.15, 0.2) is 24.3 Å². The molecule has 1 aliphatic carbocycles.